The first-order valence-electron chi connectivity index (χ1n) is 7.42. The Morgan fingerprint density at radius 3 is 2.70 bits per heavy atom. The first-order valence-corrected chi connectivity index (χ1v) is 7.42. The number of carboxylic acids is 1. The number of nitrogens with zero attached hydrogens (tertiary/aromatic N) is 1. The minimum absolute atomic E-state index is 0.0478. The standard InChI is InChI=1S/C14H24N2O4/c1-9(17)11-5-6-16(8-11)14(20)15-7-10-3-2-4-12(10)13(18)19/h9-12,17H,2-8H2,1H3,(H,15,20)(H,18,19). The Morgan fingerprint density at radius 1 is 1.35 bits per heavy atom. The van der Waals surface area contributed by atoms with Gasteiger partial charge < -0.3 is 20.4 Å². The largest absolute Gasteiger partial charge is 0.481 e. The van der Waals surface area contributed by atoms with Gasteiger partial charge in [0.15, 0.2) is 0 Å². The van der Waals surface area contributed by atoms with E-state index in [-0.39, 0.29) is 29.9 Å². The highest BCUT2D eigenvalue weighted by Gasteiger charge is 2.34. The molecule has 0 bridgehead atoms. The third-order valence-corrected chi connectivity index (χ3v) is 4.69. The second kappa shape index (κ2) is 6.43. The molecule has 2 amide bonds. The molecule has 6 heteroatoms. The molecule has 2 aliphatic rings. The molecular weight excluding hydrogens is 260 g/mol. The van der Waals surface area contributed by atoms with Crippen LogP contribution in [0.2, 0.25) is 0 Å². The van der Waals surface area contributed by atoms with Crippen LogP contribution in [0, 0.1) is 17.8 Å². The Morgan fingerprint density at radius 2 is 2.10 bits per heavy atom. The molecule has 0 aromatic carbocycles. The van der Waals surface area contributed by atoms with E-state index in [0.717, 1.165) is 19.3 Å². The van der Waals surface area contributed by atoms with E-state index in [2.05, 4.69) is 5.32 Å². The zero-order chi connectivity index (χ0) is 14.7. The highest BCUT2D eigenvalue weighted by molar-refractivity contribution is 5.75. The number of aliphatic hydroxyl groups is 1. The summed E-state index contributed by atoms with van der Waals surface area (Å²) in [5, 5.41) is 21.5. The fraction of sp³-hybridized carbons (Fsp3) is 0.857. The highest BCUT2D eigenvalue weighted by atomic mass is 16.4. The van der Waals surface area contributed by atoms with Gasteiger partial charge in [-0.25, -0.2) is 4.79 Å². The predicted molar refractivity (Wildman–Crippen MR) is 73.2 cm³/mol. The number of amides is 2. The number of nitrogens with one attached hydrogen (secondary N) is 1. The maximum absolute atomic E-state index is 12.0. The minimum atomic E-state index is -0.753. The number of carbonyl (C=O) groups excluding carboxylic acids is 1. The van der Waals surface area contributed by atoms with E-state index in [0.29, 0.717) is 26.1 Å². The summed E-state index contributed by atoms with van der Waals surface area (Å²) in [6, 6.07) is -0.135. The van der Waals surface area contributed by atoms with Crippen molar-refractivity contribution in [1.29, 1.82) is 0 Å². The number of urea groups is 1. The summed E-state index contributed by atoms with van der Waals surface area (Å²) in [4.78, 5) is 24.8. The fourth-order valence-electron chi connectivity index (χ4n) is 3.30. The van der Waals surface area contributed by atoms with Gasteiger partial charge in [0.05, 0.1) is 12.0 Å². The van der Waals surface area contributed by atoms with E-state index in [9.17, 15) is 14.7 Å². The molecule has 4 atom stereocenters. The number of hydrogen-bond acceptors (Lipinski definition) is 3. The van der Waals surface area contributed by atoms with Gasteiger partial charge in [0.25, 0.3) is 0 Å². The summed E-state index contributed by atoms with van der Waals surface area (Å²) in [7, 11) is 0. The van der Waals surface area contributed by atoms with Gasteiger partial charge in [0, 0.05) is 25.6 Å². The van der Waals surface area contributed by atoms with Crippen molar-refractivity contribution < 1.29 is 19.8 Å². The summed E-state index contributed by atoms with van der Waals surface area (Å²) in [6.45, 7) is 3.43. The van der Waals surface area contributed by atoms with Crippen LogP contribution in [0.25, 0.3) is 0 Å². The van der Waals surface area contributed by atoms with Gasteiger partial charge in [0.1, 0.15) is 0 Å². The summed E-state index contributed by atoms with van der Waals surface area (Å²) >= 11 is 0. The van der Waals surface area contributed by atoms with Crippen LogP contribution in [0.15, 0.2) is 0 Å². The van der Waals surface area contributed by atoms with Crippen molar-refractivity contribution in [3.8, 4) is 0 Å². The number of rotatable bonds is 4. The minimum Gasteiger partial charge on any atom is -0.481 e. The lowest BCUT2D eigenvalue weighted by atomic mass is 9.96. The molecule has 20 heavy (non-hydrogen) atoms. The van der Waals surface area contributed by atoms with Crippen LogP contribution in [-0.2, 0) is 4.79 Å². The van der Waals surface area contributed by atoms with Crippen molar-refractivity contribution in [3.05, 3.63) is 0 Å². The van der Waals surface area contributed by atoms with Crippen LogP contribution < -0.4 is 5.32 Å². The second-order valence-electron chi connectivity index (χ2n) is 6.06. The van der Waals surface area contributed by atoms with Gasteiger partial charge in [-0.1, -0.05) is 6.42 Å². The zero-order valence-electron chi connectivity index (χ0n) is 11.9. The molecule has 1 saturated heterocycles. The average molecular weight is 284 g/mol. The van der Waals surface area contributed by atoms with Crippen molar-refractivity contribution in [2.24, 2.45) is 17.8 Å². The van der Waals surface area contributed by atoms with E-state index in [4.69, 9.17) is 5.11 Å². The summed E-state index contributed by atoms with van der Waals surface area (Å²) < 4.78 is 0. The quantitative estimate of drug-likeness (QED) is 0.715. The molecule has 0 aromatic heterocycles. The maximum Gasteiger partial charge on any atom is 0.317 e. The molecule has 0 radical (unpaired) electrons. The molecule has 1 saturated carbocycles. The third-order valence-electron chi connectivity index (χ3n) is 4.69. The number of aliphatic carboxylic acids is 1. The number of carboxylic acid groups (broad SMARTS) is 1. The monoisotopic (exact) mass is 284 g/mol. The van der Waals surface area contributed by atoms with E-state index in [1.807, 2.05) is 0 Å². The molecule has 2 fully saturated rings. The second-order valence-corrected chi connectivity index (χ2v) is 6.06. The smallest absolute Gasteiger partial charge is 0.317 e. The fourth-order valence-corrected chi connectivity index (χ4v) is 3.30. The molecule has 4 unspecified atom stereocenters. The van der Waals surface area contributed by atoms with Crippen LogP contribution in [0.3, 0.4) is 0 Å². The summed E-state index contributed by atoms with van der Waals surface area (Å²) in [5.74, 6) is -0.873. The van der Waals surface area contributed by atoms with Crippen LogP contribution in [-0.4, -0.2) is 52.9 Å². The molecule has 114 valence electrons. The van der Waals surface area contributed by atoms with Crippen LogP contribution in [0.4, 0.5) is 4.79 Å². The van der Waals surface area contributed by atoms with Gasteiger partial charge in [0.2, 0.25) is 0 Å². The molecule has 0 spiro atoms. The Kier molecular flexibility index (Phi) is 4.86. The highest BCUT2D eigenvalue weighted by Crippen LogP contribution is 2.31. The molecule has 2 rings (SSSR count). The Hall–Kier alpha value is -1.30. The molecule has 1 heterocycles. The van der Waals surface area contributed by atoms with Crippen molar-refractivity contribution >= 4 is 12.0 Å². The molecule has 3 N–H and O–H groups in total. The lowest BCUT2D eigenvalue weighted by Crippen LogP contribution is -2.42. The number of aliphatic hydroxyl groups excluding tert-OH is 1. The maximum atomic E-state index is 12.0. The molecule has 1 aliphatic heterocycles. The van der Waals surface area contributed by atoms with Crippen molar-refractivity contribution in [2.45, 2.75) is 38.7 Å². The van der Waals surface area contributed by atoms with Gasteiger partial charge in [-0.05, 0) is 32.1 Å². The van der Waals surface area contributed by atoms with Gasteiger partial charge in [-0.15, -0.1) is 0 Å². The van der Waals surface area contributed by atoms with E-state index >= 15 is 0 Å². The SMILES string of the molecule is CC(O)C1CCN(C(=O)NCC2CCCC2C(=O)O)C1. The Labute approximate surface area is 119 Å². The molecular formula is C14H24N2O4. The third kappa shape index (κ3) is 3.42. The van der Waals surface area contributed by atoms with Crippen LogP contribution >= 0.6 is 0 Å². The first-order chi connectivity index (χ1) is 9.49. The predicted octanol–water partition coefficient (Wildman–Crippen LogP) is 0.900. The normalized spacial score (nSPS) is 31.3. The summed E-state index contributed by atoms with van der Waals surface area (Å²) in [5.41, 5.74) is 0. The van der Waals surface area contributed by atoms with E-state index < -0.39 is 5.97 Å². The van der Waals surface area contributed by atoms with Gasteiger partial charge in [-0.3, -0.25) is 4.79 Å². The Bertz CT molecular complexity index is 372. The number of likely N-dealkylation sites (tertiary alicyclic amines) is 1. The number of carbonyl (C=O) groups is 2. The lowest BCUT2D eigenvalue weighted by molar-refractivity contribution is -0.142. The van der Waals surface area contributed by atoms with Crippen molar-refractivity contribution in [3.63, 3.8) is 0 Å². The van der Waals surface area contributed by atoms with E-state index in [1.54, 1.807) is 11.8 Å². The van der Waals surface area contributed by atoms with E-state index in [1.165, 1.54) is 0 Å². The molecule has 0 aromatic rings. The number of hydrogen-bond donors (Lipinski definition) is 3. The van der Waals surface area contributed by atoms with Crippen LogP contribution in [0.5, 0.6) is 0 Å². The topological polar surface area (TPSA) is 89.9 Å². The van der Waals surface area contributed by atoms with Crippen LogP contribution in [0.1, 0.15) is 32.6 Å². The first kappa shape index (κ1) is 15.1. The van der Waals surface area contributed by atoms with Gasteiger partial charge >= 0.3 is 12.0 Å². The summed E-state index contributed by atoms with van der Waals surface area (Å²) in [6.07, 6.45) is 2.94. The molecule has 1 aliphatic carbocycles. The average Bonchev–Trinajstić information content (AvgIpc) is 3.04. The lowest BCUT2D eigenvalue weighted by Gasteiger charge is -2.21. The zero-order valence-corrected chi connectivity index (χ0v) is 11.9. The van der Waals surface area contributed by atoms with Crippen molar-refractivity contribution in [1.82, 2.24) is 10.2 Å². The molecule has 6 nitrogen and oxygen atoms in total. The van der Waals surface area contributed by atoms with Crippen molar-refractivity contribution in [2.75, 3.05) is 19.6 Å². The Balaban J connectivity index is 1.77. The van der Waals surface area contributed by atoms with Gasteiger partial charge in [-0.2, -0.15) is 0 Å².